The van der Waals surface area contributed by atoms with Crippen LogP contribution in [-0.4, -0.2) is 94.6 Å². The number of nitrogens with one attached hydrogen (secondary N) is 1. The molecule has 2 aliphatic carbocycles. The highest BCUT2D eigenvalue weighted by Gasteiger charge is 2.52. The van der Waals surface area contributed by atoms with Crippen LogP contribution in [-0.2, 0) is 4.79 Å². The maximum atomic E-state index is 15.7. The van der Waals surface area contributed by atoms with Crippen molar-refractivity contribution in [2.24, 2.45) is 17.8 Å². The van der Waals surface area contributed by atoms with E-state index in [0.29, 0.717) is 49.9 Å². The van der Waals surface area contributed by atoms with Gasteiger partial charge in [0.15, 0.2) is 5.82 Å². The minimum Gasteiger partial charge on any atom is -0.350 e. The van der Waals surface area contributed by atoms with Crippen LogP contribution in [0.3, 0.4) is 0 Å². The molecule has 0 spiro atoms. The Morgan fingerprint density at radius 2 is 1.87 bits per heavy atom. The summed E-state index contributed by atoms with van der Waals surface area (Å²) in [5.41, 5.74) is 1.75. The number of anilines is 3. The highest BCUT2D eigenvalue weighted by atomic mass is 19.1. The fourth-order valence-electron chi connectivity index (χ4n) is 8.87. The van der Waals surface area contributed by atoms with Crippen molar-refractivity contribution in [1.29, 1.82) is 0 Å². The predicted molar refractivity (Wildman–Crippen MR) is 178 cm³/mol. The van der Waals surface area contributed by atoms with Crippen LogP contribution in [0, 0.1) is 23.6 Å². The molecule has 47 heavy (non-hydrogen) atoms. The van der Waals surface area contributed by atoms with Gasteiger partial charge in [-0.25, -0.2) is 18.7 Å². The molecule has 0 unspecified atom stereocenters. The molecule has 2 amide bonds. The maximum absolute atomic E-state index is 15.7. The molecule has 11 heteroatoms. The lowest BCUT2D eigenvalue weighted by atomic mass is 9.67. The Hall–Kier alpha value is -3.34. The van der Waals surface area contributed by atoms with Crippen molar-refractivity contribution in [3.63, 3.8) is 0 Å². The number of hydrogen-bond acceptors (Lipinski definition) is 7. The summed E-state index contributed by atoms with van der Waals surface area (Å²) in [6.07, 6.45) is 10.2. The smallest absolute Gasteiger partial charge is 0.256 e. The standard InChI is InChI=1S/C36H49F2N7O2/c1-4-43(22(2)3)35(46)28-19-24(37)9-12-30(28)45-17-16-44(34-31(45)20-39-21-40-34)25-6-5-14-42(15-13-25)36(47)33-26-10-11-29(41-33)27(32(26)38)18-23-7-8-23/h9,12,19-23,25-27,29,32-33,41H,4-8,10-11,13-18H2,1-3H3/t25-,26+,27+,29-,32-,33-/m0/s1. The van der Waals surface area contributed by atoms with E-state index in [4.69, 9.17) is 4.98 Å². The first kappa shape index (κ1) is 32.2. The predicted octanol–water partition coefficient (Wildman–Crippen LogP) is 5.33. The third-order valence-electron chi connectivity index (χ3n) is 11.5. The summed E-state index contributed by atoms with van der Waals surface area (Å²) in [5, 5.41) is 3.61. The van der Waals surface area contributed by atoms with E-state index in [9.17, 15) is 14.0 Å². The monoisotopic (exact) mass is 649 g/mol. The lowest BCUT2D eigenvalue weighted by molar-refractivity contribution is -0.141. The number of halogens is 2. The van der Waals surface area contributed by atoms with Gasteiger partial charge in [0, 0.05) is 62.7 Å². The van der Waals surface area contributed by atoms with Gasteiger partial charge in [0.1, 0.15) is 24.0 Å². The number of benzene rings is 1. The van der Waals surface area contributed by atoms with Gasteiger partial charge in [-0.2, -0.15) is 0 Å². The second-order valence-electron chi connectivity index (χ2n) is 14.6. The van der Waals surface area contributed by atoms with Crippen LogP contribution in [0.25, 0.3) is 0 Å². The van der Waals surface area contributed by atoms with Crippen LogP contribution in [0.4, 0.5) is 26.0 Å². The van der Waals surface area contributed by atoms with Gasteiger partial charge in [-0.15, -0.1) is 0 Å². The number of amides is 2. The summed E-state index contributed by atoms with van der Waals surface area (Å²) < 4.78 is 30.2. The van der Waals surface area contributed by atoms with Crippen LogP contribution in [0.5, 0.6) is 0 Å². The van der Waals surface area contributed by atoms with Crippen LogP contribution in [0.2, 0.25) is 0 Å². The number of piperidine rings is 2. The number of rotatable bonds is 8. The SMILES string of the molecule is CCN(C(=O)c1cc(F)ccc1N1CCN([C@H]2CCCN(C(=O)[C@H]3N[C@H]4CC[C@@H]3[C@H](F)[C@@H]4CC3CC3)CC2)c2ncncc21)C(C)C. The van der Waals surface area contributed by atoms with Gasteiger partial charge >= 0.3 is 0 Å². The maximum Gasteiger partial charge on any atom is 0.256 e. The quantitative estimate of drug-likeness (QED) is 0.414. The Bertz CT molecular complexity index is 1470. The number of nitrogens with zero attached hydrogens (tertiary/aromatic N) is 6. The molecule has 8 rings (SSSR count). The summed E-state index contributed by atoms with van der Waals surface area (Å²) in [4.78, 5) is 44.7. The third kappa shape index (κ3) is 6.20. The molecule has 4 aliphatic heterocycles. The van der Waals surface area contributed by atoms with E-state index < -0.39 is 18.0 Å². The number of hydrogen-bond donors (Lipinski definition) is 1. The molecular weight excluding hydrogens is 600 g/mol. The average Bonchev–Trinajstić information content (AvgIpc) is 3.93. The van der Waals surface area contributed by atoms with Gasteiger partial charge in [0.05, 0.1) is 23.5 Å². The van der Waals surface area contributed by atoms with Crippen molar-refractivity contribution in [2.45, 2.75) is 102 Å². The fourth-order valence-corrected chi connectivity index (χ4v) is 8.87. The van der Waals surface area contributed by atoms with Crippen molar-refractivity contribution in [3.05, 3.63) is 42.1 Å². The second kappa shape index (κ2) is 13.3. The molecule has 2 saturated carbocycles. The van der Waals surface area contributed by atoms with E-state index in [2.05, 4.69) is 15.2 Å². The van der Waals surface area contributed by atoms with Gasteiger partial charge in [-0.05, 0) is 83.4 Å². The number of fused-ring (bicyclic) bond motifs is 4. The third-order valence-corrected chi connectivity index (χ3v) is 11.5. The molecule has 1 N–H and O–H groups in total. The first-order valence-corrected chi connectivity index (χ1v) is 17.9. The zero-order valence-corrected chi connectivity index (χ0v) is 28.0. The van der Waals surface area contributed by atoms with Gasteiger partial charge < -0.3 is 24.9 Å². The van der Waals surface area contributed by atoms with Gasteiger partial charge in [0.2, 0.25) is 5.91 Å². The Morgan fingerprint density at radius 3 is 2.62 bits per heavy atom. The summed E-state index contributed by atoms with van der Waals surface area (Å²) in [6.45, 7) is 8.91. The topological polar surface area (TPSA) is 84.9 Å². The molecule has 1 aromatic carbocycles. The number of aromatic nitrogens is 2. The number of carbonyl (C=O) groups is 2. The molecule has 2 aromatic rings. The largest absolute Gasteiger partial charge is 0.350 e. The van der Waals surface area contributed by atoms with Crippen LogP contribution in [0.15, 0.2) is 30.7 Å². The van der Waals surface area contributed by atoms with E-state index in [0.717, 1.165) is 50.0 Å². The highest BCUT2D eigenvalue weighted by molar-refractivity contribution is 6.01. The zero-order chi connectivity index (χ0) is 32.8. The summed E-state index contributed by atoms with van der Waals surface area (Å²) in [5.74, 6) is 0.715. The average molecular weight is 650 g/mol. The van der Waals surface area contributed by atoms with E-state index in [1.807, 2.05) is 30.6 Å². The summed E-state index contributed by atoms with van der Waals surface area (Å²) in [7, 11) is 0. The molecule has 3 saturated heterocycles. The second-order valence-corrected chi connectivity index (χ2v) is 14.6. The normalized spacial score (nSPS) is 29.1. The van der Waals surface area contributed by atoms with Gasteiger partial charge in [-0.1, -0.05) is 12.8 Å². The highest BCUT2D eigenvalue weighted by Crippen LogP contribution is 2.47. The molecule has 254 valence electrons. The molecule has 9 nitrogen and oxygen atoms in total. The van der Waals surface area contributed by atoms with Crippen molar-refractivity contribution < 1.29 is 18.4 Å². The summed E-state index contributed by atoms with van der Waals surface area (Å²) in [6, 6.07) is 4.26. The van der Waals surface area contributed by atoms with Crippen molar-refractivity contribution in [1.82, 2.24) is 25.1 Å². The van der Waals surface area contributed by atoms with Gasteiger partial charge in [0.25, 0.3) is 5.91 Å². The molecule has 0 radical (unpaired) electrons. The molecule has 6 atom stereocenters. The van der Waals surface area contributed by atoms with E-state index in [1.54, 1.807) is 23.5 Å². The molecule has 5 fully saturated rings. The molecule has 2 bridgehead atoms. The van der Waals surface area contributed by atoms with E-state index in [1.165, 1.54) is 25.0 Å². The minimum absolute atomic E-state index is 0.0237. The molecule has 6 aliphatic rings. The van der Waals surface area contributed by atoms with E-state index >= 15 is 4.39 Å². The molecular formula is C36H49F2N7O2. The zero-order valence-electron chi connectivity index (χ0n) is 28.0. The Labute approximate surface area is 277 Å². The lowest BCUT2D eigenvalue weighted by Crippen LogP contribution is -2.66. The Kier molecular flexibility index (Phi) is 9.11. The van der Waals surface area contributed by atoms with Crippen molar-refractivity contribution >= 4 is 29.0 Å². The van der Waals surface area contributed by atoms with Crippen LogP contribution in [0.1, 0.15) is 82.5 Å². The number of carbonyl (C=O) groups excluding carboxylic acids is 2. The number of alkyl halides is 1. The first-order valence-electron chi connectivity index (χ1n) is 17.9. The van der Waals surface area contributed by atoms with Crippen molar-refractivity contribution in [2.75, 3.05) is 42.5 Å². The lowest BCUT2D eigenvalue weighted by Gasteiger charge is -2.50. The number of likely N-dealkylation sites (tertiary alicyclic amines) is 1. The first-order chi connectivity index (χ1) is 22.7. The van der Waals surface area contributed by atoms with Crippen LogP contribution < -0.4 is 15.1 Å². The van der Waals surface area contributed by atoms with Crippen molar-refractivity contribution in [3.8, 4) is 0 Å². The summed E-state index contributed by atoms with van der Waals surface area (Å²) >= 11 is 0. The van der Waals surface area contributed by atoms with E-state index in [-0.39, 0.29) is 41.8 Å². The fraction of sp³-hybridized carbons (Fsp3) is 0.667. The minimum atomic E-state index is -0.885. The Balaban J connectivity index is 1.06. The van der Waals surface area contributed by atoms with Crippen LogP contribution >= 0.6 is 0 Å². The molecule has 1 aromatic heterocycles. The van der Waals surface area contributed by atoms with Gasteiger partial charge in [-0.3, -0.25) is 9.59 Å². The Morgan fingerprint density at radius 1 is 1.04 bits per heavy atom. The molecule has 5 heterocycles.